The predicted octanol–water partition coefficient (Wildman–Crippen LogP) is 3.86. The summed E-state index contributed by atoms with van der Waals surface area (Å²) in [5.74, 6) is -1.09. The van der Waals surface area contributed by atoms with E-state index < -0.39 is 42.6 Å². The number of aliphatic hydroxyl groups is 2. The minimum atomic E-state index is -1.48. The van der Waals surface area contributed by atoms with Crippen molar-refractivity contribution in [3.05, 3.63) is 57.6 Å². The van der Waals surface area contributed by atoms with E-state index in [4.69, 9.17) is 37.4 Å². The summed E-state index contributed by atoms with van der Waals surface area (Å²) >= 11 is 13.3. The lowest BCUT2D eigenvalue weighted by atomic mass is 9.96. The van der Waals surface area contributed by atoms with E-state index in [0.717, 1.165) is 0 Å². The van der Waals surface area contributed by atoms with Crippen LogP contribution < -0.4 is 5.32 Å². The summed E-state index contributed by atoms with van der Waals surface area (Å²) in [4.78, 5) is 29.8. The molecule has 0 saturated carbocycles. The molecule has 7 rings (SSSR count). The molecule has 1 unspecified atom stereocenters. The molecule has 12 heteroatoms. The Morgan fingerprint density at radius 1 is 0.846 bits per heavy atom. The fourth-order valence-electron chi connectivity index (χ4n) is 6.10. The lowest BCUT2D eigenvalue weighted by Gasteiger charge is -2.42. The second-order valence-corrected chi connectivity index (χ2v) is 10.4. The Morgan fingerprint density at radius 2 is 1.51 bits per heavy atom. The van der Waals surface area contributed by atoms with Gasteiger partial charge >= 0.3 is 0 Å². The maximum absolute atomic E-state index is 13.3. The number of hydrogen-bond donors (Lipinski definition) is 4. The van der Waals surface area contributed by atoms with Crippen LogP contribution in [0.15, 0.2) is 36.4 Å². The first-order chi connectivity index (χ1) is 18.8. The summed E-state index contributed by atoms with van der Waals surface area (Å²) in [6.07, 6.45) is -6.10. The maximum atomic E-state index is 13.3. The molecule has 0 aliphatic carbocycles. The predicted molar refractivity (Wildman–Crippen MR) is 144 cm³/mol. The molecule has 2 aromatic heterocycles. The molecule has 10 nitrogen and oxygen atoms in total. The molecule has 2 aliphatic rings. The number of benzene rings is 3. The van der Waals surface area contributed by atoms with Crippen molar-refractivity contribution < 1.29 is 34.0 Å². The quantitative estimate of drug-likeness (QED) is 0.242. The van der Waals surface area contributed by atoms with Gasteiger partial charge in [0.25, 0.3) is 11.8 Å². The van der Waals surface area contributed by atoms with Crippen LogP contribution in [0.4, 0.5) is 0 Å². The molecule has 0 bridgehead atoms. The molecule has 5 aromatic rings. The number of aromatic nitrogens is 2. The SMILES string of the molecule is CO[C@@H]1OC(n2c3c(Cl)cccc3c3c4c(c5c6cccc(Cl)c6[nH]c5c32)C(=O)NC4=O)[C@@H](O)[C@H](O)[C@@H]1OC. The van der Waals surface area contributed by atoms with Gasteiger partial charge in [-0.3, -0.25) is 14.9 Å². The van der Waals surface area contributed by atoms with Crippen LogP contribution in [0.1, 0.15) is 26.9 Å². The fourth-order valence-corrected chi connectivity index (χ4v) is 6.59. The van der Waals surface area contributed by atoms with Crippen LogP contribution >= 0.6 is 23.2 Å². The largest absolute Gasteiger partial charge is 0.387 e. The number of carbonyl (C=O) groups is 2. The number of para-hydroxylation sites is 2. The Kier molecular flexibility index (Phi) is 5.49. The zero-order valence-corrected chi connectivity index (χ0v) is 22.0. The lowest BCUT2D eigenvalue weighted by molar-refractivity contribution is -0.311. The topological polar surface area (TPSA) is 135 Å². The molecule has 2 aliphatic heterocycles. The number of fused-ring (bicyclic) bond motifs is 10. The van der Waals surface area contributed by atoms with Crippen LogP contribution in [-0.2, 0) is 14.2 Å². The van der Waals surface area contributed by atoms with Crippen molar-refractivity contribution >= 4 is 78.6 Å². The van der Waals surface area contributed by atoms with Crippen LogP contribution in [0.5, 0.6) is 0 Å². The second kappa shape index (κ2) is 8.64. The van der Waals surface area contributed by atoms with Crippen molar-refractivity contribution in [3.8, 4) is 0 Å². The Hall–Kier alpha value is -3.22. The van der Waals surface area contributed by atoms with Crippen molar-refractivity contribution in [2.24, 2.45) is 0 Å². The van der Waals surface area contributed by atoms with Gasteiger partial charge in [-0.1, -0.05) is 47.5 Å². The zero-order valence-electron chi connectivity index (χ0n) is 20.5. The number of halogens is 2. The van der Waals surface area contributed by atoms with Crippen molar-refractivity contribution in [2.45, 2.75) is 30.8 Å². The first kappa shape index (κ1) is 24.8. The highest BCUT2D eigenvalue weighted by atomic mass is 35.5. The third kappa shape index (κ3) is 3.16. The van der Waals surface area contributed by atoms with Gasteiger partial charge in [0, 0.05) is 35.8 Å². The van der Waals surface area contributed by atoms with Gasteiger partial charge in [0.05, 0.1) is 43.2 Å². The summed E-state index contributed by atoms with van der Waals surface area (Å²) < 4.78 is 18.6. The number of carbonyl (C=O) groups excluding carboxylic acids is 2. The normalized spacial score (nSPS) is 25.3. The van der Waals surface area contributed by atoms with Crippen molar-refractivity contribution in [1.82, 2.24) is 14.9 Å². The molecule has 200 valence electrons. The molecule has 3 aromatic carbocycles. The Labute approximate surface area is 229 Å². The summed E-state index contributed by atoms with van der Waals surface area (Å²) in [5, 5.41) is 27.6. The van der Waals surface area contributed by atoms with E-state index in [1.165, 1.54) is 14.2 Å². The number of methoxy groups -OCH3 is 2. The van der Waals surface area contributed by atoms with Gasteiger partial charge in [-0.05, 0) is 12.1 Å². The number of aliphatic hydroxyl groups excluding tert-OH is 2. The van der Waals surface area contributed by atoms with E-state index in [2.05, 4.69) is 10.3 Å². The monoisotopic (exact) mass is 569 g/mol. The average Bonchev–Trinajstić information content (AvgIpc) is 3.56. The Balaban J connectivity index is 1.71. The van der Waals surface area contributed by atoms with Crippen molar-refractivity contribution in [1.29, 1.82) is 0 Å². The number of aromatic amines is 1. The van der Waals surface area contributed by atoms with Crippen LogP contribution in [0, 0.1) is 0 Å². The molecule has 4 N–H and O–H groups in total. The van der Waals surface area contributed by atoms with E-state index in [-0.39, 0.29) is 11.1 Å². The van der Waals surface area contributed by atoms with E-state index in [9.17, 15) is 19.8 Å². The van der Waals surface area contributed by atoms with Gasteiger partial charge < -0.3 is 34.0 Å². The molecular weight excluding hydrogens is 549 g/mol. The highest BCUT2D eigenvalue weighted by Crippen LogP contribution is 2.48. The van der Waals surface area contributed by atoms with Crippen LogP contribution in [0.2, 0.25) is 10.0 Å². The van der Waals surface area contributed by atoms with E-state index in [1.807, 2.05) is 6.07 Å². The fraction of sp³-hybridized carbons (Fsp3) is 0.259. The summed E-state index contributed by atoms with van der Waals surface area (Å²) in [6, 6.07) is 10.5. The van der Waals surface area contributed by atoms with E-state index >= 15 is 0 Å². The highest BCUT2D eigenvalue weighted by molar-refractivity contribution is 6.43. The van der Waals surface area contributed by atoms with Gasteiger partial charge in [-0.15, -0.1) is 0 Å². The molecule has 39 heavy (non-hydrogen) atoms. The smallest absolute Gasteiger partial charge is 0.259 e. The van der Waals surface area contributed by atoms with Gasteiger partial charge in [0.15, 0.2) is 12.5 Å². The van der Waals surface area contributed by atoms with Crippen molar-refractivity contribution in [2.75, 3.05) is 14.2 Å². The summed E-state index contributed by atoms with van der Waals surface area (Å²) in [6.45, 7) is 0. The van der Waals surface area contributed by atoms with Crippen LogP contribution in [-0.4, -0.2) is 70.4 Å². The molecule has 0 spiro atoms. The highest BCUT2D eigenvalue weighted by Gasteiger charge is 2.47. The zero-order chi connectivity index (χ0) is 27.3. The number of amides is 2. The standard InChI is InChI=1S/C27H21Cl2N3O7/c1-37-23-21(33)22(34)26(39-27(23)38-2)32-19-10(6-4-8-12(19)29)14-16-15(24(35)31-25(16)36)13-9-5-3-7-11(28)17(9)30-18(13)20(14)32/h3-8,21-23,26-27,30,33-34H,1-2H3,(H,31,35,36)/t21-,22-,23-,26?,27+/m0/s1. The molecular formula is C27H21Cl2N3O7. The molecule has 0 radical (unpaired) electrons. The number of H-pyrrole nitrogens is 1. The third-order valence-corrected chi connectivity index (χ3v) is 8.33. The van der Waals surface area contributed by atoms with Gasteiger partial charge in [-0.2, -0.15) is 0 Å². The van der Waals surface area contributed by atoms with Gasteiger partial charge in [0.2, 0.25) is 0 Å². The molecule has 4 heterocycles. The number of imide groups is 1. The summed E-state index contributed by atoms with van der Waals surface area (Å²) in [7, 11) is 2.78. The first-order valence-electron chi connectivity index (χ1n) is 12.1. The Morgan fingerprint density at radius 3 is 2.21 bits per heavy atom. The number of nitrogens with zero attached hydrogens (tertiary/aromatic N) is 1. The first-order valence-corrected chi connectivity index (χ1v) is 12.8. The molecule has 1 fully saturated rings. The minimum Gasteiger partial charge on any atom is -0.387 e. The summed E-state index contributed by atoms with van der Waals surface area (Å²) in [5.41, 5.74) is 2.32. The third-order valence-electron chi connectivity index (χ3n) is 7.71. The van der Waals surface area contributed by atoms with Crippen LogP contribution in [0.3, 0.4) is 0 Å². The lowest BCUT2D eigenvalue weighted by Crippen LogP contribution is -2.56. The average molecular weight is 570 g/mol. The molecule has 5 atom stereocenters. The Bertz CT molecular complexity index is 1880. The van der Waals surface area contributed by atoms with Gasteiger partial charge in [0.1, 0.15) is 18.3 Å². The molecule has 2 amide bonds. The number of nitrogens with one attached hydrogen (secondary N) is 2. The number of hydrogen-bond acceptors (Lipinski definition) is 7. The van der Waals surface area contributed by atoms with E-state index in [0.29, 0.717) is 53.7 Å². The maximum Gasteiger partial charge on any atom is 0.259 e. The number of ether oxygens (including phenoxy) is 3. The van der Waals surface area contributed by atoms with Gasteiger partial charge in [-0.25, -0.2) is 0 Å². The van der Waals surface area contributed by atoms with Crippen LogP contribution in [0.25, 0.3) is 43.6 Å². The van der Waals surface area contributed by atoms with Crippen molar-refractivity contribution in [3.63, 3.8) is 0 Å². The number of rotatable bonds is 3. The second-order valence-electron chi connectivity index (χ2n) is 9.61. The van der Waals surface area contributed by atoms with E-state index in [1.54, 1.807) is 34.9 Å². The minimum absolute atomic E-state index is 0.179. The molecule has 1 saturated heterocycles.